The van der Waals surface area contributed by atoms with Gasteiger partial charge in [-0.2, -0.15) is 5.10 Å². The first kappa shape index (κ1) is 17.7. The number of aryl methyl sites for hydroxylation is 1. The lowest BCUT2D eigenvalue weighted by atomic mass is 9.78. The monoisotopic (exact) mass is 367 g/mol. The fourth-order valence-electron chi connectivity index (χ4n) is 4.30. The van der Waals surface area contributed by atoms with Crippen LogP contribution in [-0.4, -0.2) is 56.0 Å². The molecule has 2 aliphatic rings. The van der Waals surface area contributed by atoms with Gasteiger partial charge < -0.3 is 9.80 Å². The number of amides is 2. The van der Waals surface area contributed by atoms with E-state index in [1.165, 1.54) is 0 Å². The minimum Gasteiger partial charge on any atom is -0.341 e. The Morgan fingerprint density at radius 2 is 2.15 bits per heavy atom. The van der Waals surface area contributed by atoms with Crippen molar-refractivity contribution in [2.75, 3.05) is 19.6 Å². The molecule has 0 bridgehead atoms. The second-order valence-electron chi connectivity index (χ2n) is 7.69. The van der Waals surface area contributed by atoms with Gasteiger partial charge in [-0.05, 0) is 37.0 Å². The Bertz CT molecular complexity index is 834. The largest absolute Gasteiger partial charge is 0.341 e. The summed E-state index contributed by atoms with van der Waals surface area (Å²) in [5.74, 6) is 0.243. The average molecular weight is 367 g/mol. The zero-order valence-electron chi connectivity index (χ0n) is 15.7. The number of rotatable bonds is 4. The van der Waals surface area contributed by atoms with E-state index in [0.29, 0.717) is 19.5 Å². The normalized spacial score (nSPS) is 22.6. The molecular formula is C20H25N5O2. The number of hydrogen-bond acceptors (Lipinski definition) is 4. The van der Waals surface area contributed by atoms with E-state index in [-0.39, 0.29) is 11.8 Å². The summed E-state index contributed by atoms with van der Waals surface area (Å²) in [5, 5.41) is 4.30. The van der Waals surface area contributed by atoms with Crippen LogP contribution < -0.4 is 0 Å². The van der Waals surface area contributed by atoms with Crippen molar-refractivity contribution in [3.8, 4) is 0 Å². The van der Waals surface area contributed by atoms with E-state index in [0.717, 1.165) is 43.6 Å². The summed E-state index contributed by atoms with van der Waals surface area (Å²) in [4.78, 5) is 33.8. The lowest BCUT2D eigenvalue weighted by Crippen LogP contribution is -2.50. The van der Waals surface area contributed by atoms with Crippen molar-refractivity contribution in [2.24, 2.45) is 12.5 Å². The summed E-state index contributed by atoms with van der Waals surface area (Å²) >= 11 is 0. The van der Waals surface area contributed by atoms with Crippen molar-refractivity contribution in [2.45, 2.75) is 32.2 Å². The zero-order chi connectivity index (χ0) is 18.9. The Kier molecular flexibility index (Phi) is 4.68. The van der Waals surface area contributed by atoms with E-state index in [2.05, 4.69) is 10.1 Å². The molecule has 4 heterocycles. The number of carbonyl (C=O) groups is 2. The van der Waals surface area contributed by atoms with Gasteiger partial charge in [-0.1, -0.05) is 6.07 Å². The van der Waals surface area contributed by atoms with Crippen LogP contribution in [-0.2, 0) is 29.6 Å². The van der Waals surface area contributed by atoms with E-state index in [1.807, 2.05) is 47.4 Å². The minimum absolute atomic E-state index is 0.0614. The Balaban J connectivity index is 1.42. The van der Waals surface area contributed by atoms with E-state index >= 15 is 0 Å². The summed E-state index contributed by atoms with van der Waals surface area (Å²) in [7, 11) is 1.85. The Morgan fingerprint density at radius 3 is 2.89 bits per heavy atom. The molecule has 2 aromatic rings. The quantitative estimate of drug-likeness (QED) is 0.819. The van der Waals surface area contributed by atoms with Gasteiger partial charge in [0.15, 0.2) is 0 Å². The van der Waals surface area contributed by atoms with Crippen molar-refractivity contribution < 1.29 is 9.59 Å². The highest BCUT2D eigenvalue weighted by Crippen LogP contribution is 2.40. The third kappa shape index (κ3) is 3.59. The van der Waals surface area contributed by atoms with Crippen LogP contribution in [0.5, 0.6) is 0 Å². The van der Waals surface area contributed by atoms with E-state index < -0.39 is 5.41 Å². The Labute approximate surface area is 159 Å². The zero-order valence-corrected chi connectivity index (χ0v) is 15.7. The van der Waals surface area contributed by atoms with Crippen molar-refractivity contribution in [1.82, 2.24) is 24.6 Å². The predicted molar refractivity (Wildman–Crippen MR) is 99.4 cm³/mol. The molecule has 0 radical (unpaired) electrons. The van der Waals surface area contributed by atoms with Crippen LogP contribution in [0.2, 0.25) is 0 Å². The van der Waals surface area contributed by atoms with Gasteiger partial charge >= 0.3 is 0 Å². The summed E-state index contributed by atoms with van der Waals surface area (Å²) < 4.78 is 1.71. The fourth-order valence-corrected chi connectivity index (χ4v) is 4.30. The van der Waals surface area contributed by atoms with Crippen LogP contribution in [0, 0.1) is 5.41 Å². The number of likely N-dealkylation sites (tertiary alicyclic amines) is 2. The lowest BCUT2D eigenvalue weighted by molar-refractivity contribution is -0.143. The minimum atomic E-state index is -0.416. The molecule has 2 amide bonds. The molecule has 1 atom stereocenters. The van der Waals surface area contributed by atoms with Gasteiger partial charge in [0.05, 0.1) is 17.5 Å². The van der Waals surface area contributed by atoms with E-state index in [1.54, 1.807) is 10.9 Å². The number of pyridine rings is 1. The van der Waals surface area contributed by atoms with Gasteiger partial charge in [-0.15, -0.1) is 0 Å². The van der Waals surface area contributed by atoms with Crippen LogP contribution in [0.25, 0.3) is 0 Å². The molecule has 27 heavy (non-hydrogen) atoms. The highest BCUT2D eigenvalue weighted by molar-refractivity contribution is 5.86. The van der Waals surface area contributed by atoms with Crippen molar-refractivity contribution in [1.29, 1.82) is 0 Å². The lowest BCUT2D eigenvalue weighted by Gasteiger charge is -2.39. The standard InChI is InChI=1S/C20H25N5O2/c1-23-10-5-17(22-23)12-18(26)25-9-3-6-20(15-25)7-11-24(19(20)27)14-16-4-2-8-21-13-16/h2,4-5,8,10,13H,3,6-7,9,11-12,14-15H2,1H3. The van der Waals surface area contributed by atoms with Crippen molar-refractivity contribution in [3.63, 3.8) is 0 Å². The van der Waals surface area contributed by atoms with Gasteiger partial charge in [0.2, 0.25) is 11.8 Å². The molecule has 0 aromatic carbocycles. The molecule has 142 valence electrons. The summed E-state index contributed by atoms with van der Waals surface area (Å²) in [5.41, 5.74) is 1.40. The molecule has 7 nitrogen and oxygen atoms in total. The molecule has 1 unspecified atom stereocenters. The van der Waals surface area contributed by atoms with Crippen LogP contribution >= 0.6 is 0 Å². The van der Waals surface area contributed by atoms with Crippen molar-refractivity contribution >= 4 is 11.8 Å². The van der Waals surface area contributed by atoms with Gasteiger partial charge in [0.1, 0.15) is 0 Å². The highest BCUT2D eigenvalue weighted by Gasteiger charge is 2.49. The van der Waals surface area contributed by atoms with E-state index in [9.17, 15) is 9.59 Å². The molecule has 7 heteroatoms. The van der Waals surface area contributed by atoms with Gasteiger partial charge in [-0.3, -0.25) is 19.3 Å². The van der Waals surface area contributed by atoms with Gasteiger partial charge in [-0.25, -0.2) is 0 Å². The second kappa shape index (κ2) is 7.13. The molecule has 2 aromatic heterocycles. The Morgan fingerprint density at radius 1 is 1.26 bits per heavy atom. The Hall–Kier alpha value is -2.70. The molecular weight excluding hydrogens is 342 g/mol. The van der Waals surface area contributed by atoms with Crippen LogP contribution in [0.15, 0.2) is 36.8 Å². The second-order valence-corrected chi connectivity index (χ2v) is 7.69. The maximum Gasteiger partial charge on any atom is 0.230 e. The van der Waals surface area contributed by atoms with E-state index in [4.69, 9.17) is 0 Å². The fraction of sp³-hybridized carbons (Fsp3) is 0.500. The summed E-state index contributed by atoms with van der Waals surface area (Å²) in [6.45, 7) is 2.59. The molecule has 0 saturated carbocycles. The molecule has 2 fully saturated rings. The molecule has 4 rings (SSSR count). The number of hydrogen-bond donors (Lipinski definition) is 0. The highest BCUT2D eigenvalue weighted by atomic mass is 16.2. The maximum absolute atomic E-state index is 13.2. The number of nitrogens with zero attached hydrogens (tertiary/aromatic N) is 5. The smallest absolute Gasteiger partial charge is 0.230 e. The molecule has 2 aliphatic heterocycles. The number of aromatic nitrogens is 3. The van der Waals surface area contributed by atoms with Gasteiger partial charge in [0, 0.05) is 51.8 Å². The third-order valence-electron chi connectivity index (χ3n) is 5.73. The predicted octanol–water partition coefficient (Wildman–Crippen LogP) is 1.40. The first-order chi connectivity index (χ1) is 13.1. The molecule has 1 spiro atoms. The average Bonchev–Trinajstić information content (AvgIpc) is 3.21. The van der Waals surface area contributed by atoms with Crippen LogP contribution in [0.1, 0.15) is 30.5 Å². The molecule has 0 aliphatic carbocycles. The first-order valence-electron chi connectivity index (χ1n) is 9.50. The molecule has 2 saturated heterocycles. The third-order valence-corrected chi connectivity index (χ3v) is 5.73. The van der Waals surface area contributed by atoms with Crippen LogP contribution in [0.4, 0.5) is 0 Å². The maximum atomic E-state index is 13.2. The topological polar surface area (TPSA) is 71.3 Å². The number of carbonyl (C=O) groups excluding carboxylic acids is 2. The number of piperidine rings is 1. The summed E-state index contributed by atoms with van der Waals surface area (Å²) in [6, 6.07) is 5.76. The van der Waals surface area contributed by atoms with Crippen LogP contribution in [0.3, 0.4) is 0 Å². The van der Waals surface area contributed by atoms with Crippen molar-refractivity contribution in [3.05, 3.63) is 48.0 Å². The summed E-state index contributed by atoms with van der Waals surface area (Å²) in [6.07, 6.45) is 8.25. The first-order valence-corrected chi connectivity index (χ1v) is 9.50. The SMILES string of the molecule is Cn1ccc(CC(=O)N2CCCC3(CCN(Cc4cccnc4)C3=O)C2)n1. The van der Waals surface area contributed by atoms with Gasteiger partial charge in [0.25, 0.3) is 0 Å². The molecule has 0 N–H and O–H groups in total.